The smallest absolute Gasteiger partial charge is 0.320 e. The quantitative estimate of drug-likeness (QED) is 0.816. The Morgan fingerprint density at radius 2 is 1.83 bits per heavy atom. The monoisotopic (exact) mass is 339 g/mol. The van der Waals surface area contributed by atoms with E-state index in [0.717, 1.165) is 44.8 Å². The minimum atomic E-state index is 0.132. The summed E-state index contributed by atoms with van der Waals surface area (Å²) >= 11 is 6.14. The molecule has 0 saturated carbocycles. The third-order valence-corrected chi connectivity index (χ3v) is 4.81. The van der Waals surface area contributed by atoms with Gasteiger partial charge in [-0.2, -0.15) is 0 Å². The van der Waals surface area contributed by atoms with Gasteiger partial charge in [0.1, 0.15) is 11.3 Å². The van der Waals surface area contributed by atoms with E-state index in [0.29, 0.717) is 18.1 Å². The van der Waals surface area contributed by atoms with Gasteiger partial charge < -0.3 is 19.4 Å². The molecular weight excluding hydrogens is 318 g/mol. The summed E-state index contributed by atoms with van der Waals surface area (Å²) in [5.74, 6) is 0.745. The summed E-state index contributed by atoms with van der Waals surface area (Å²) in [6.07, 6.45) is 5.22. The van der Waals surface area contributed by atoms with Crippen molar-refractivity contribution in [1.29, 1.82) is 0 Å². The SMILES string of the molecule is COC1CCN(C(=O)N2CCN(c3ncncc3Cl)CC2)CC1. The first kappa shape index (κ1) is 16.3. The molecular formula is C15H22ClN5O2. The van der Waals surface area contributed by atoms with Gasteiger partial charge in [-0.3, -0.25) is 0 Å². The number of hydrogen-bond donors (Lipinski definition) is 0. The van der Waals surface area contributed by atoms with Crippen LogP contribution in [0.15, 0.2) is 12.5 Å². The fourth-order valence-corrected chi connectivity index (χ4v) is 3.36. The molecule has 126 valence electrons. The zero-order valence-electron chi connectivity index (χ0n) is 13.3. The number of piperidine rings is 1. The molecule has 8 heteroatoms. The van der Waals surface area contributed by atoms with E-state index in [2.05, 4.69) is 14.9 Å². The number of anilines is 1. The Morgan fingerprint density at radius 1 is 1.17 bits per heavy atom. The van der Waals surface area contributed by atoms with Crippen LogP contribution in [0.4, 0.5) is 10.6 Å². The summed E-state index contributed by atoms with van der Waals surface area (Å²) in [4.78, 5) is 26.7. The molecule has 0 spiro atoms. The number of nitrogens with zero attached hydrogens (tertiary/aromatic N) is 5. The Hall–Kier alpha value is -1.60. The highest BCUT2D eigenvalue weighted by atomic mass is 35.5. The van der Waals surface area contributed by atoms with Crippen molar-refractivity contribution in [2.45, 2.75) is 18.9 Å². The number of ether oxygens (including phenoxy) is 1. The molecule has 3 heterocycles. The summed E-state index contributed by atoms with van der Waals surface area (Å²) in [7, 11) is 1.74. The van der Waals surface area contributed by atoms with Gasteiger partial charge in [0.25, 0.3) is 0 Å². The van der Waals surface area contributed by atoms with Crippen LogP contribution < -0.4 is 4.90 Å². The number of likely N-dealkylation sites (tertiary alicyclic amines) is 1. The first-order valence-corrected chi connectivity index (χ1v) is 8.34. The summed E-state index contributed by atoms with van der Waals surface area (Å²) < 4.78 is 5.36. The van der Waals surface area contributed by atoms with Gasteiger partial charge in [-0.1, -0.05) is 11.6 Å². The van der Waals surface area contributed by atoms with E-state index in [-0.39, 0.29) is 12.1 Å². The lowest BCUT2D eigenvalue weighted by atomic mass is 10.1. The second-order valence-corrected chi connectivity index (χ2v) is 6.28. The number of amides is 2. The van der Waals surface area contributed by atoms with Crippen molar-refractivity contribution >= 4 is 23.4 Å². The van der Waals surface area contributed by atoms with Crippen LogP contribution in [-0.4, -0.2) is 78.3 Å². The number of urea groups is 1. The zero-order chi connectivity index (χ0) is 16.2. The predicted molar refractivity (Wildman–Crippen MR) is 87.8 cm³/mol. The third-order valence-electron chi connectivity index (χ3n) is 4.54. The summed E-state index contributed by atoms with van der Waals surface area (Å²) in [6, 6.07) is 0.132. The van der Waals surface area contributed by atoms with Gasteiger partial charge in [-0.25, -0.2) is 14.8 Å². The van der Waals surface area contributed by atoms with Gasteiger partial charge >= 0.3 is 6.03 Å². The van der Waals surface area contributed by atoms with Crippen molar-refractivity contribution in [2.75, 3.05) is 51.3 Å². The minimum absolute atomic E-state index is 0.132. The zero-order valence-corrected chi connectivity index (χ0v) is 14.1. The molecule has 2 saturated heterocycles. The molecule has 0 aliphatic carbocycles. The molecule has 7 nitrogen and oxygen atoms in total. The van der Waals surface area contributed by atoms with Gasteiger partial charge in [-0.15, -0.1) is 0 Å². The number of piperazine rings is 1. The Labute approximate surface area is 141 Å². The van der Waals surface area contributed by atoms with Crippen LogP contribution in [0.5, 0.6) is 0 Å². The highest BCUT2D eigenvalue weighted by Crippen LogP contribution is 2.23. The predicted octanol–water partition coefficient (Wildman–Crippen LogP) is 1.48. The second kappa shape index (κ2) is 7.31. The topological polar surface area (TPSA) is 61.8 Å². The average molecular weight is 340 g/mol. The molecule has 0 bridgehead atoms. The van der Waals surface area contributed by atoms with E-state index in [1.165, 1.54) is 6.33 Å². The van der Waals surface area contributed by atoms with Crippen LogP contribution in [0.1, 0.15) is 12.8 Å². The Bertz CT molecular complexity index is 542. The normalized spacial score (nSPS) is 20.0. The van der Waals surface area contributed by atoms with Crippen LogP contribution in [-0.2, 0) is 4.74 Å². The highest BCUT2D eigenvalue weighted by molar-refractivity contribution is 6.32. The van der Waals surface area contributed by atoms with Crippen molar-refractivity contribution in [3.8, 4) is 0 Å². The first-order valence-electron chi connectivity index (χ1n) is 7.96. The number of hydrogen-bond acceptors (Lipinski definition) is 5. The number of carbonyl (C=O) groups excluding carboxylic acids is 1. The van der Waals surface area contributed by atoms with E-state index < -0.39 is 0 Å². The molecule has 3 rings (SSSR count). The van der Waals surface area contributed by atoms with Crippen LogP contribution >= 0.6 is 11.6 Å². The van der Waals surface area contributed by atoms with E-state index in [1.807, 2.05) is 9.80 Å². The summed E-state index contributed by atoms with van der Waals surface area (Å²) in [6.45, 7) is 4.38. The maximum Gasteiger partial charge on any atom is 0.320 e. The molecule has 0 aromatic carbocycles. The first-order chi connectivity index (χ1) is 11.2. The molecule has 0 unspecified atom stereocenters. The van der Waals surface area contributed by atoms with Crippen LogP contribution in [0.25, 0.3) is 0 Å². The molecule has 2 amide bonds. The fourth-order valence-electron chi connectivity index (χ4n) is 3.13. The molecule has 0 N–H and O–H groups in total. The maximum atomic E-state index is 12.6. The number of carbonyl (C=O) groups is 1. The molecule has 0 radical (unpaired) electrons. The lowest BCUT2D eigenvalue weighted by Gasteiger charge is -2.40. The van der Waals surface area contributed by atoms with Gasteiger partial charge in [0.15, 0.2) is 5.82 Å². The fraction of sp³-hybridized carbons (Fsp3) is 0.667. The maximum absolute atomic E-state index is 12.6. The van der Waals surface area contributed by atoms with Crippen LogP contribution in [0.3, 0.4) is 0 Å². The average Bonchev–Trinajstić information content (AvgIpc) is 2.62. The van der Waals surface area contributed by atoms with Crippen LogP contribution in [0.2, 0.25) is 5.02 Å². The van der Waals surface area contributed by atoms with Crippen molar-refractivity contribution < 1.29 is 9.53 Å². The molecule has 1 aromatic heterocycles. The van der Waals surface area contributed by atoms with E-state index in [4.69, 9.17) is 16.3 Å². The van der Waals surface area contributed by atoms with E-state index >= 15 is 0 Å². The molecule has 1 aromatic rings. The summed E-state index contributed by atoms with van der Waals surface area (Å²) in [5, 5.41) is 0.550. The van der Waals surface area contributed by atoms with Crippen LogP contribution in [0, 0.1) is 0 Å². The van der Waals surface area contributed by atoms with Gasteiger partial charge in [0.2, 0.25) is 0 Å². The number of halogens is 1. The van der Waals surface area contributed by atoms with E-state index in [9.17, 15) is 4.79 Å². The molecule has 23 heavy (non-hydrogen) atoms. The van der Waals surface area contributed by atoms with Gasteiger partial charge in [0.05, 0.1) is 12.3 Å². The Kier molecular flexibility index (Phi) is 5.17. The number of rotatable bonds is 2. The second-order valence-electron chi connectivity index (χ2n) is 5.87. The minimum Gasteiger partial charge on any atom is -0.381 e. The Morgan fingerprint density at radius 3 is 2.43 bits per heavy atom. The van der Waals surface area contributed by atoms with Gasteiger partial charge in [0, 0.05) is 46.4 Å². The van der Waals surface area contributed by atoms with Crippen molar-refractivity contribution in [1.82, 2.24) is 19.8 Å². The standard InChI is InChI=1S/C15H22ClN5O2/c1-23-12-2-4-20(5-3-12)15(22)21-8-6-19(7-9-21)14-13(16)10-17-11-18-14/h10-12H,2-9H2,1H3. The van der Waals surface area contributed by atoms with Crippen molar-refractivity contribution in [2.24, 2.45) is 0 Å². The number of aromatic nitrogens is 2. The molecule has 2 aliphatic heterocycles. The molecule has 2 aliphatic rings. The number of methoxy groups -OCH3 is 1. The molecule has 0 atom stereocenters. The Balaban J connectivity index is 1.53. The van der Waals surface area contributed by atoms with Crippen molar-refractivity contribution in [3.63, 3.8) is 0 Å². The van der Waals surface area contributed by atoms with Gasteiger partial charge in [-0.05, 0) is 12.8 Å². The lowest BCUT2D eigenvalue weighted by molar-refractivity contribution is 0.0442. The third kappa shape index (κ3) is 3.67. The van der Waals surface area contributed by atoms with E-state index in [1.54, 1.807) is 13.3 Å². The largest absolute Gasteiger partial charge is 0.381 e. The lowest BCUT2D eigenvalue weighted by Crippen LogP contribution is -2.54. The summed E-state index contributed by atoms with van der Waals surface area (Å²) in [5.41, 5.74) is 0. The van der Waals surface area contributed by atoms with Crippen molar-refractivity contribution in [3.05, 3.63) is 17.5 Å². The highest BCUT2D eigenvalue weighted by Gasteiger charge is 2.29. The molecule has 2 fully saturated rings.